The normalized spacial score (nSPS) is 46.3. The topological polar surface area (TPSA) is 237 Å². The highest BCUT2D eigenvalue weighted by molar-refractivity contribution is 5.13. The van der Waals surface area contributed by atoms with Crippen molar-refractivity contribution in [3.05, 3.63) is 35.9 Å². The summed E-state index contributed by atoms with van der Waals surface area (Å²) in [5, 5.41) is 91.9. The highest BCUT2D eigenvalue weighted by Gasteiger charge is 2.51. The first-order valence-electron chi connectivity index (χ1n) is 13.0. The van der Waals surface area contributed by atoms with Crippen molar-refractivity contribution in [2.24, 2.45) is 0 Å². The molecule has 15 atom stereocenters. The quantitative estimate of drug-likeness (QED) is 0.135. The zero-order chi connectivity index (χ0) is 29.1. The van der Waals surface area contributed by atoms with Crippen molar-refractivity contribution < 1.29 is 74.4 Å². The van der Waals surface area contributed by atoms with Crippen LogP contribution in [0.15, 0.2) is 30.3 Å². The molecule has 4 rings (SSSR count). The molecule has 3 saturated heterocycles. The van der Waals surface area contributed by atoms with Crippen LogP contribution in [0.25, 0.3) is 0 Å². The predicted octanol–water partition coefficient (Wildman–Crippen LogP) is -4.32. The van der Waals surface area contributed by atoms with Gasteiger partial charge in [-0.15, -0.1) is 0 Å². The molecule has 40 heavy (non-hydrogen) atoms. The Labute approximate surface area is 229 Å². The van der Waals surface area contributed by atoms with Crippen molar-refractivity contribution in [2.45, 2.75) is 106 Å². The molecular formula is C25H38O15. The zero-order valence-corrected chi connectivity index (χ0v) is 21.6. The molecule has 9 N–H and O–H groups in total. The second-order valence-electron chi connectivity index (χ2n) is 10.1. The number of aliphatic hydroxyl groups is 9. The van der Waals surface area contributed by atoms with Gasteiger partial charge in [-0.25, -0.2) is 0 Å². The molecule has 0 spiro atoms. The van der Waals surface area contributed by atoms with Gasteiger partial charge in [-0.3, -0.25) is 0 Å². The zero-order valence-electron chi connectivity index (χ0n) is 21.6. The van der Waals surface area contributed by atoms with Crippen LogP contribution in [-0.4, -0.2) is 151 Å². The third-order valence-electron chi connectivity index (χ3n) is 7.29. The number of ether oxygens (including phenoxy) is 6. The van der Waals surface area contributed by atoms with Crippen LogP contribution in [0.1, 0.15) is 12.5 Å². The highest BCUT2D eigenvalue weighted by atomic mass is 16.7. The smallest absolute Gasteiger partial charge is 0.187 e. The fraction of sp³-hybridized carbons (Fsp3) is 0.760. The average molecular weight is 579 g/mol. The van der Waals surface area contributed by atoms with Crippen molar-refractivity contribution >= 4 is 0 Å². The molecule has 0 unspecified atom stereocenters. The molecule has 3 aliphatic rings. The van der Waals surface area contributed by atoms with Crippen LogP contribution >= 0.6 is 0 Å². The molecule has 1 aromatic rings. The maximum atomic E-state index is 10.7. The molecule has 1 aromatic carbocycles. The molecule has 0 amide bonds. The van der Waals surface area contributed by atoms with E-state index in [-0.39, 0.29) is 6.61 Å². The fourth-order valence-electron chi connectivity index (χ4n) is 4.83. The molecule has 0 aromatic heterocycles. The SMILES string of the molecule is C[C@@H]1O[C@@H](OC[C@H]2O[C@@H](O[C@H]3[C@H](O)[C@@H](O)[C@H](O)O[C@@H]3CO)[C@H](O)[C@@H](O)[C@H]2O)[C@@H](OCc2ccccc2)[C@H](O)[C@@H]1O. The molecule has 0 bridgehead atoms. The van der Waals surface area contributed by atoms with E-state index in [1.807, 2.05) is 18.2 Å². The molecule has 3 aliphatic heterocycles. The first-order valence-corrected chi connectivity index (χ1v) is 13.0. The second kappa shape index (κ2) is 13.7. The Morgan fingerprint density at radius 3 is 2.00 bits per heavy atom. The Balaban J connectivity index is 1.43. The van der Waals surface area contributed by atoms with Gasteiger partial charge in [-0.05, 0) is 12.5 Å². The van der Waals surface area contributed by atoms with Gasteiger partial charge in [0.2, 0.25) is 0 Å². The van der Waals surface area contributed by atoms with Gasteiger partial charge in [0, 0.05) is 0 Å². The molecule has 3 fully saturated rings. The third kappa shape index (κ3) is 6.81. The van der Waals surface area contributed by atoms with E-state index >= 15 is 0 Å². The fourth-order valence-corrected chi connectivity index (χ4v) is 4.83. The van der Waals surface area contributed by atoms with E-state index in [0.29, 0.717) is 0 Å². The van der Waals surface area contributed by atoms with Crippen LogP contribution in [-0.2, 0) is 35.0 Å². The van der Waals surface area contributed by atoms with Gasteiger partial charge in [0.15, 0.2) is 18.9 Å². The highest BCUT2D eigenvalue weighted by Crippen LogP contribution is 2.30. The summed E-state index contributed by atoms with van der Waals surface area (Å²) in [6.45, 7) is 0.384. The average Bonchev–Trinajstić information content (AvgIpc) is 2.95. The summed E-state index contributed by atoms with van der Waals surface area (Å²) in [4.78, 5) is 0. The minimum atomic E-state index is -1.83. The van der Waals surface area contributed by atoms with Crippen molar-refractivity contribution in [3.63, 3.8) is 0 Å². The van der Waals surface area contributed by atoms with Gasteiger partial charge in [0.05, 0.1) is 25.9 Å². The maximum absolute atomic E-state index is 10.7. The summed E-state index contributed by atoms with van der Waals surface area (Å²) in [5.74, 6) is 0. The lowest BCUT2D eigenvalue weighted by molar-refractivity contribution is -0.362. The van der Waals surface area contributed by atoms with Crippen molar-refractivity contribution in [1.29, 1.82) is 0 Å². The number of hydrogen-bond acceptors (Lipinski definition) is 15. The maximum Gasteiger partial charge on any atom is 0.187 e. The Bertz CT molecular complexity index is 907. The van der Waals surface area contributed by atoms with Crippen LogP contribution in [0.2, 0.25) is 0 Å². The Hall–Kier alpha value is -1.38. The molecule has 0 aliphatic carbocycles. The van der Waals surface area contributed by atoms with E-state index in [9.17, 15) is 46.0 Å². The minimum Gasteiger partial charge on any atom is -0.394 e. The lowest BCUT2D eigenvalue weighted by Gasteiger charge is -2.46. The predicted molar refractivity (Wildman–Crippen MR) is 129 cm³/mol. The van der Waals surface area contributed by atoms with E-state index in [2.05, 4.69) is 0 Å². The minimum absolute atomic E-state index is 0.0641. The largest absolute Gasteiger partial charge is 0.394 e. The third-order valence-corrected chi connectivity index (χ3v) is 7.29. The summed E-state index contributed by atoms with van der Waals surface area (Å²) in [6.07, 6.45) is -22.4. The van der Waals surface area contributed by atoms with E-state index < -0.39 is 105 Å². The van der Waals surface area contributed by atoms with Crippen molar-refractivity contribution in [2.75, 3.05) is 13.2 Å². The first-order chi connectivity index (χ1) is 19.0. The van der Waals surface area contributed by atoms with E-state index in [4.69, 9.17) is 28.4 Å². The van der Waals surface area contributed by atoms with Gasteiger partial charge in [0.1, 0.15) is 67.1 Å². The summed E-state index contributed by atoms with van der Waals surface area (Å²) < 4.78 is 33.4. The molecule has 0 saturated carbocycles. The summed E-state index contributed by atoms with van der Waals surface area (Å²) in [5.41, 5.74) is 0.789. The van der Waals surface area contributed by atoms with Gasteiger partial charge in [0.25, 0.3) is 0 Å². The number of hydrogen-bond donors (Lipinski definition) is 9. The summed E-state index contributed by atoms with van der Waals surface area (Å²) in [7, 11) is 0. The lowest BCUT2D eigenvalue weighted by atomic mass is 9.97. The van der Waals surface area contributed by atoms with Crippen molar-refractivity contribution in [1.82, 2.24) is 0 Å². The van der Waals surface area contributed by atoms with Crippen LogP contribution in [0, 0.1) is 0 Å². The summed E-state index contributed by atoms with van der Waals surface area (Å²) >= 11 is 0. The number of rotatable bonds is 9. The number of benzene rings is 1. The van der Waals surface area contributed by atoms with Crippen LogP contribution in [0.5, 0.6) is 0 Å². The van der Waals surface area contributed by atoms with E-state index in [1.165, 1.54) is 6.92 Å². The first kappa shape index (κ1) is 31.6. The molecular weight excluding hydrogens is 540 g/mol. The molecule has 0 radical (unpaired) electrons. The van der Waals surface area contributed by atoms with E-state index in [0.717, 1.165) is 5.56 Å². The monoisotopic (exact) mass is 578 g/mol. The van der Waals surface area contributed by atoms with Gasteiger partial charge in [-0.1, -0.05) is 30.3 Å². The van der Waals surface area contributed by atoms with Crippen LogP contribution in [0.4, 0.5) is 0 Å². The molecule has 15 heteroatoms. The molecule has 15 nitrogen and oxygen atoms in total. The van der Waals surface area contributed by atoms with Crippen LogP contribution < -0.4 is 0 Å². The van der Waals surface area contributed by atoms with Crippen molar-refractivity contribution in [3.8, 4) is 0 Å². The molecule has 228 valence electrons. The van der Waals surface area contributed by atoms with E-state index in [1.54, 1.807) is 12.1 Å². The summed E-state index contributed by atoms with van der Waals surface area (Å²) in [6, 6.07) is 9.05. The lowest BCUT2D eigenvalue weighted by Crippen LogP contribution is -2.64. The van der Waals surface area contributed by atoms with Crippen LogP contribution in [0.3, 0.4) is 0 Å². The standard InChI is InChI=1S/C25H38O15/c1-10-14(27)17(30)22(35-8-11-5-3-2-4-6-11)25(37-10)36-9-13-15(28)16(29)20(33)24(39-13)40-21-12(7-26)38-23(34)19(32)18(21)31/h2-6,10,12-34H,7-9H2,1H3/t10-,12+,13+,14+,15-,16-,17+,18+,19+,20+,21+,22-,23+,24-,25+/m0/s1. The Morgan fingerprint density at radius 2 is 1.32 bits per heavy atom. The second-order valence-corrected chi connectivity index (χ2v) is 10.1. The van der Waals surface area contributed by atoms with Gasteiger partial charge < -0.3 is 74.4 Å². The van der Waals surface area contributed by atoms with Gasteiger partial charge >= 0.3 is 0 Å². The Kier molecular flexibility index (Phi) is 10.8. The Morgan fingerprint density at radius 1 is 0.650 bits per heavy atom. The van der Waals surface area contributed by atoms with Gasteiger partial charge in [-0.2, -0.15) is 0 Å². The number of aliphatic hydroxyl groups excluding tert-OH is 9. The molecule has 3 heterocycles.